The van der Waals surface area contributed by atoms with Crippen LogP contribution in [0.15, 0.2) is 48.5 Å². The number of nitriles is 1. The Labute approximate surface area is 126 Å². The summed E-state index contributed by atoms with van der Waals surface area (Å²) in [6, 6.07) is 14.7. The Bertz CT molecular complexity index is 917. The Morgan fingerprint density at radius 2 is 1.86 bits per heavy atom. The van der Waals surface area contributed by atoms with Crippen molar-refractivity contribution in [2.45, 2.75) is 0 Å². The maximum absolute atomic E-state index is 13.0. The van der Waals surface area contributed by atoms with Crippen LogP contribution in [0, 0.1) is 17.1 Å². The molecule has 0 aliphatic heterocycles. The highest BCUT2D eigenvalue weighted by molar-refractivity contribution is 5.94. The number of fused-ring (bicyclic) bond motifs is 1. The minimum Gasteiger partial charge on any atom is -0.506 e. The molecule has 0 radical (unpaired) electrons. The van der Waals surface area contributed by atoms with E-state index < -0.39 is 5.82 Å². The van der Waals surface area contributed by atoms with Gasteiger partial charge in [-0.1, -0.05) is 12.1 Å². The van der Waals surface area contributed by atoms with E-state index in [1.54, 1.807) is 11.6 Å². The molecule has 0 aliphatic carbocycles. The first kappa shape index (κ1) is 13.8. The number of nitrogens with zero attached hydrogens (tertiary/aromatic N) is 3. The second-order valence-electron chi connectivity index (χ2n) is 4.83. The second-order valence-corrected chi connectivity index (χ2v) is 4.83. The number of rotatable bonds is 2. The van der Waals surface area contributed by atoms with E-state index in [2.05, 4.69) is 4.98 Å². The van der Waals surface area contributed by atoms with Crippen LogP contribution in [0.5, 0.6) is 0 Å². The summed E-state index contributed by atoms with van der Waals surface area (Å²) in [5.74, 6) is -0.260. The first-order chi connectivity index (χ1) is 10.6. The van der Waals surface area contributed by atoms with Crippen LogP contribution >= 0.6 is 0 Å². The molecule has 0 saturated heterocycles. The van der Waals surface area contributed by atoms with Gasteiger partial charge in [0, 0.05) is 12.6 Å². The van der Waals surface area contributed by atoms with Gasteiger partial charge in [0.15, 0.2) is 5.82 Å². The van der Waals surface area contributed by atoms with E-state index in [0.717, 1.165) is 11.0 Å². The van der Waals surface area contributed by atoms with Crippen molar-refractivity contribution in [1.82, 2.24) is 9.55 Å². The molecule has 2 aromatic carbocycles. The first-order valence-corrected chi connectivity index (χ1v) is 6.63. The maximum atomic E-state index is 13.0. The summed E-state index contributed by atoms with van der Waals surface area (Å²) >= 11 is 0. The Morgan fingerprint density at radius 1 is 1.18 bits per heavy atom. The summed E-state index contributed by atoms with van der Waals surface area (Å²) in [7, 11) is 1.78. The number of imidazole rings is 1. The molecule has 1 heterocycles. The van der Waals surface area contributed by atoms with Gasteiger partial charge in [-0.2, -0.15) is 5.26 Å². The predicted molar refractivity (Wildman–Crippen MR) is 82.2 cm³/mol. The van der Waals surface area contributed by atoms with Crippen molar-refractivity contribution in [3.63, 3.8) is 0 Å². The summed E-state index contributed by atoms with van der Waals surface area (Å²) in [6.07, 6.45) is 0. The zero-order chi connectivity index (χ0) is 15.7. The van der Waals surface area contributed by atoms with Crippen LogP contribution in [0.25, 0.3) is 22.4 Å². The molecule has 1 aromatic heterocycles. The van der Waals surface area contributed by atoms with E-state index in [1.807, 2.05) is 30.3 Å². The molecule has 0 bridgehead atoms. The summed E-state index contributed by atoms with van der Waals surface area (Å²) in [6.45, 7) is 0. The molecule has 108 valence electrons. The molecule has 0 unspecified atom stereocenters. The highest BCUT2D eigenvalue weighted by atomic mass is 19.1. The third kappa shape index (κ3) is 2.21. The lowest BCUT2D eigenvalue weighted by atomic mass is 10.1. The Kier molecular flexibility index (Phi) is 3.36. The van der Waals surface area contributed by atoms with Crippen molar-refractivity contribution in [3.05, 3.63) is 65.7 Å². The monoisotopic (exact) mass is 293 g/mol. The molecule has 0 saturated carbocycles. The fourth-order valence-electron chi connectivity index (χ4n) is 2.33. The van der Waals surface area contributed by atoms with Crippen LogP contribution in [0.2, 0.25) is 0 Å². The van der Waals surface area contributed by atoms with Crippen LogP contribution in [0.4, 0.5) is 4.39 Å². The number of allylic oxidation sites excluding steroid dienone is 1. The van der Waals surface area contributed by atoms with Gasteiger partial charge < -0.3 is 9.67 Å². The van der Waals surface area contributed by atoms with Gasteiger partial charge in [-0.25, -0.2) is 9.37 Å². The fraction of sp³-hybridized carbons (Fsp3) is 0.0588. The number of benzene rings is 2. The van der Waals surface area contributed by atoms with Crippen molar-refractivity contribution in [2.75, 3.05) is 0 Å². The van der Waals surface area contributed by atoms with Gasteiger partial charge in [0.25, 0.3) is 0 Å². The van der Waals surface area contributed by atoms with Gasteiger partial charge in [0.1, 0.15) is 23.2 Å². The molecule has 22 heavy (non-hydrogen) atoms. The van der Waals surface area contributed by atoms with Gasteiger partial charge in [0.2, 0.25) is 0 Å². The van der Waals surface area contributed by atoms with Crippen molar-refractivity contribution in [3.8, 4) is 6.07 Å². The minimum atomic E-state index is -0.405. The van der Waals surface area contributed by atoms with Crippen LogP contribution in [-0.4, -0.2) is 14.7 Å². The number of aryl methyl sites for hydroxylation is 1. The van der Waals surface area contributed by atoms with E-state index in [-0.39, 0.29) is 11.3 Å². The lowest BCUT2D eigenvalue weighted by Gasteiger charge is -2.05. The number of hydrogen-bond donors (Lipinski definition) is 1. The highest BCUT2D eigenvalue weighted by Gasteiger charge is 2.17. The molecule has 5 heteroatoms. The standard InChI is InChI=1S/C17H12FN3O/c1-21-15-5-3-2-4-14(15)20-17(21)13(10-19)16(22)11-6-8-12(18)9-7-11/h2-9,22H,1H3/b16-13-. The van der Waals surface area contributed by atoms with E-state index in [1.165, 1.54) is 24.3 Å². The van der Waals surface area contributed by atoms with E-state index in [9.17, 15) is 14.8 Å². The lowest BCUT2D eigenvalue weighted by Crippen LogP contribution is -1.99. The predicted octanol–water partition coefficient (Wildman–Crippen LogP) is 3.66. The Balaban J connectivity index is 2.21. The third-order valence-corrected chi connectivity index (χ3v) is 3.48. The zero-order valence-corrected chi connectivity index (χ0v) is 11.8. The summed E-state index contributed by atoms with van der Waals surface area (Å²) in [5, 5.41) is 19.8. The Hall–Kier alpha value is -3.13. The fourth-order valence-corrected chi connectivity index (χ4v) is 2.33. The summed E-state index contributed by atoms with van der Waals surface area (Å²) < 4.78 is 14.7. The van der Waals surface area contributed by atoms with E-state index >= 15 is 0 Å². The Morgan fingerprint density at radius 3 is 2.50 bits per heavy atom. The largest absolute Gasteiger partial charge is 0.506 e. The van der Waals surface area contributed by atoms with Gasteiger partial charge in [-0.05, 0) is 36.4 Å². The van der Waals surface area contributed by atoms with E-state index in [4.69, 9.17) is 0 Å². The molecule has 3 aromatic rings. The normalized spacial score (nSPS) is 12.0. The number of halogens is 1. The molecule has 0 fully saturated rings. The number of hydrogen-bond acceptors (Lipinski definition) is 3. The second kappa shape index (κ2) is 5.34. The average molecular weight is 293 g/mol. The smallest absolute Gasteiger partial charge is 0.155 e. The molecule has 0 amide bonds. The van der Waals surface area contributed by atoms with Crippen LogP contribution < -0.4 is 0 Å². The molecule has 0 spiro atoms. The number of aliphatic hydroxyl groups is 1. The van der Waals surface area contributed by atoms with Crippen molar-refractivity contribution < 1.29 is 9.50 Å². The molecule has 1 N–H and O–H groups in total. The molecular formula is C17H12FN3O. The van der Waals surface area contributed by atoms with Gasteiger partial charge in [0.05, 0.1) is 11.0 Å². The van der Waals surface area contributed by atoms with Crippen molar-refractivity contribution in [2.24, 2.45) is 7.05 Å². The maximum Gasteiger partial charge on any atom is 0.155 e. The number of aromatic nitrogens is 2. The van der Waals surface area contributed by atoms with Crippen molar-refractivity contribution in [1.29, 1.82) is 5.26 Å². The van der Waals surface area contributed by atoms with Gasteiger partial charge in [-0.3, -0.25) is 0 Å². The molecular weight excluding hydrogens is 281 g/mol. The van der Waals surface area contributed by atoms with Crippen molar-refractivity contribution >= 4 is 22.4 Å². The SMILES string of the molecule is Cn1c(/C(C#N)=C(\O)c2ccc(F)cc2)nc2ccccc21. The number of aliphatic hydroxyl groups excluding tert-OH is 1. The van der Waals surface area contributed by atoms with E-state index in [0.29, 0.717) is 11.4 Å². The number of para-hydroxylation sites is 2. The molecule has 4 nitrogen and oxygen atoms in total. The minimum absolute atomic E-state index is 0.0466. The van der Waals surface area contributed by atoms with Crippen LogP contribution in [0.1, 0.15) is 11.4 Å². The molecule has 0 atom stereocenters. The first-order valence-electron chi connectivity index (χ1n) is 6.63. The molecule has 3 rings (SSSR count). The zero-order valence-electron chi connectivity index (χ0n) is 11.8. The van der Waals surface area contributed by atoms with Crippen LogP contribution in [-0.2, 0) is 7.05 Å². The summed E-state index contributed by atoms with van der Waals surface area (Å²) in [5.41, 5.74) is 2.01. The third-order valence-electron chi connectivity index (χ3n) is 3.48. The van der Waals surface area contributed by atoms with Crippen LogP contribution in [0.3, 0.4) is 0 Å². The molecule has 0 aliphatic rings. The van der Waals surface area contributed by atoms with Gasteiger partial charge >= 0.3 is 0 Å². The highest BCUT2D eigenvalue weighted by Crippen LogP contribution is 2.26. The lowest BCUT2D eigenvalue weighted by molar-refractivity contribution is 0.513. The van der Waals surface area contributed by atoms with Gasteiger partial charge in [-0.15, -0.1) is 0 Å². The average Bonchev–Trinajstić information content (AvgIpc) is 2.86. The quantitative estimate of drug-likeness (QED) is 0.579. The topological polar surface area (TPSA) is 61.8 Å². The summed E-state index contributed by atoms with van der Waals surface area (Å²) in [4.78, 5) is 4.40.